The lowest BCUT2D eigenvalue weighted by Crippen LogP contribution is -2.14. The van der Waals surface area contributed by atoms with Crippen molar-refractivity contribution in [3.63, 3.8) is 0 Å². The number of pyridine rings is 1. The standard InChI is InChI=1S/C19H21F4N3O/c1-5-26(4)10-24-17-9-16(18(22)23)19(25-11(17)2)27-12(3)13-6-14(20)8-15(21)7-13/h6-10,12,18H,5H2,1-4H3/b24-10+/t12-/m0/s1. The SMILES string of the molecule is CCN(C)/C=N/c1cc(C(F)F)c(O[C@@H](C)c2cc(F)cc(F)c2)nc1C. The number of aromatic nitrogens is 1. The van der Waals surface area contributed by atoms with E-state index in [0.29, 0.717) is 17.9 Å². The molecular formula is C19H21F4N3O. The summed E-state index contributed by atoms with van der Waals surface area (Å²) >= 11 is 0. The molecule has 0 aliphatic rings. The fourth-order valence-electron chi connectivity index (χ4n) is 2.26. The van der Waals surface area contributed by atoms with Crippen molar-refractivity contribution in [2.24, 2.45) is 4.99 Å². The maximum absolute atomic E-state index is 13.5. The van der Waals surface area contributed by atoms with E-state index in [2.05, 4.69) is 9.98 Å². The lowest BCUT2D eigenvalue weighted by atomic mass is 10.1. The third kappa shape index (κ3) is 5.42. The number of ether oxygens (including phenoxy) is 1. The van der Waals surface area contributed by atoms with Crippen LogP contribution in [0.15, 0.2) is 29.3 Å². The molecule has 1 atom stereocenters. The van der Waals surface area contributed by atoms with Gasteiger partial charge in [-0.05, 0) is 44.5 Å². The molecule has 27 heavy (non-hydrogen) atoms. The van der Waals surface area contributed by atoms with Gasteiger partial charge in [0.25, 0.3) is 6.43 Å². The molecular weight excluding hydrogens is 362 g/mol. The minimum Gasteiger partial charge on any atom is -0.469 e. The molecule has 0 bridgehead atoms. The van der Waals surface area contributed by atoms with Crippen molar-refractivity contribution in [3.8, 4) is 5.88 Å². The lowest BCUT2D eigenvalue weighted by Gasteiger charge is -2.18. The van der Waals surface area contributed by atoms with Crippen LogP contribution in [0.1, 0.15) is 43.2 Å². The van der Waals surface area contributed by atoms with Gasteiger partial charge in [0.2, 0.25) is 5.88 Å². The van der Waals surface area contributed by atoms with Gasteiger partial charge in [-0.15, -0.1) is 0 Å². The van der Waals surface area contributed by atoms with Gasteiger partial charge >= 0.3 is 0 Å². The van der Waals surface area contributed by atoms with Crippen molar-refractivity contribution >= 4 is 12.0 Å². The predicted molar refractivity (Wildman–Crippen MR) is 95.8 cm³/mol. The maximum Gasteiger partial charge on any atom is 0.269 e. The van der Waals surface area contributed by atoms with Crippen molar-refractivity contribution in [1.29, 1.82) is 0 Å². The molecule has 2 rings (SSSR count). The molecule has 0 spiro atoms. The number of hydrogen-bond donors (Lipinski definition) is 0. The molecule has 0 fully saturated rings. The third-order valence-electron chi connectivity index (χ3n) is 3.95. The molecule has 146 valence electrons. The monoisotopic (exact) mass is 383 g/mol. The Bertz CT molecular complexity index is 807. The first-order chi connectivity index (χ1) is 12.7. The van der Waals surface area contributed by atoms with Gasteiger partial charge in [0.1, 0.15) is 17.7 Å². The molecule has 1 heterocycles. The molecule has 0 N–H and O–H groups in total. The van der Waals surface area contributed by atoms with Crippen LogP contribution < -0.4 is 4.74 Å². The minimum absolute atomic E-state index is 0.179. The van der Waals surface area contributed by atoms with E-state index in [9.17, 15) is 17.6 Å². The van der Waals surface area contributed by atoms with Gasteiger partial charge in [0.15, 0.2) is 0 Å². The molecule has 0 amide bonds. The third-order valence-corrected chi connectivity index (χ3v) is 3.95. The Morgan fingerprint density at radius 2 is 1.81 bits per heavy atom. The number of aryl methyl sites for hydroxylation is 1. The molecule has 1 aromatic heterocycles. The van der Waals surface area contributed by atoms with Gasteiger partial charge < -0.3 is 9.64 Å². The van der Waals surface area contributed by atoms with E-state index in [-0.39, 0.29) is 11.4 Å². The summed E-state index contributed by atoms with van der Waals surface area (Å²) in [5.74, 6) is -1.84. The topological polar surface area (TPSA) is 37.7 Å². The van der Waals surface area contributed by atoms with Crippen LogP contribution in [-0.2, 0) is 0 Å². The summed E-state index contributed by atoms with van der Waals surface area (Å²) in [6.07, 6.45) is -2.19. The smallest absolute Gasteiger partial charge is 0.269 e. The number of aliphatic imine (C=N–C) groups is 1. The molecule has 4 nitrogen and oxygen atoms in total. The van der Waals surface area contributed by atoms with Crippen LogP contribution in [0.5, 0.6) is 5.88 Å². The number of rotatable bonds is 7. The minimum atomic E-state index is -2.84. The summed E-state index contributed by atoms with van der Waals surface area (Å²) in [4.78, 5) is 10.0. The quantitative estimate of drug-likeness (QED) is 0.367. The summed E-state index contributed by atoms with van der Waals surface area (Å²) in [7, 11) is 1.80. The number of halogens is 4. The van der Waals surface area contributed by atoms with E-state index in [4.69, 9.17) is 4.74 Å². The van der Waals surface area contributed by atoms with E-state index in [1.807, 2.05) is 6.92 Å². The fraction of sp³-hybridized carbons (Fsp3) is 0.368. The van der Waals surface area contributed by atoms with Crippen LogP contribution in [0, 0.1) is 18.6 Å². The van der Waals surface area contributed by atoms with Crippen LogP contribution in [0.2, 0.25) is 0 Å². The average Bonchev–Trinajstić information content (AvgIpc) is 2.59. The zero-order valence-electron chi connectivity index (χ0n) is 15.5. The Labute approximate surface area is 155 Å². The second-order valence-corrected chi connectivity index (χ2v) is 6.07. The van der Waals surface area contributed by atoms with E-state index in [1.54, 1.807) is 18.9 Å². The highest BCUT2D eigenvalue weighted by molar-refractivity contribution is 5.63. The highest BCUT2D eigenvalue weighted by Crippen LogP contribution is 2.35. The molecule has 2 aromatic rings. The van der Waals surface area contributed by atoms with Crippen molar-refractivity contribution in [2.45, 2.75) is 33.3 Å². The fourth-order valence-corrected chi connectivity index (χ4v) is 2.26. The number of hydrogen-bond acceptors (Lipinski definition) is 3. The molecule has 0 saturated heterocycles. The van der Waals surface area contributed by atoms with E-state index >= 15 is 0 Å². The second kappa shape index (κ2) is 8.83. The van der Waals surface area contributed by atoms with Crippen LogP contribution in [-0.4, -0.2) is 29.8 Å². The zero-order valence-corrected chi connectivity index (χ0v) is 15.5. The van der Waals surface area contributed by atoms with E-state index in [0.717, 1.165) is 18.2 Å². The van der Waals surface area contributed by atoms with Gasteiger partial charge in [-0.1, -0.05) is 0 Å². The number of nitrogens with zero attached hydrogens (tertiary/aromatic N) is 3. The highest BCUT2D eigenvalue weighted by Gasteiger charge is 2.21. The van der Waals surface area contributed by atoms with Crippen molar-refractivity contribution < 1.29 is 22.3 Å². The van der Waals surface area contributed by atoms with Crippen LogP contribution in [0.3, 0.4) is 0 Å². The largest absolute Gasteiger partial charge is 0.469 e. The summed E-state index contributed by atoms with van der Waals surface area (Å²) in [6.45, 7) is 5.76. The zero-order chi connectivity index (χ0) is 20.1. The average molecular weight is 383 g/mol. The van der Waals surface area contributed by atoms with Crippen molar-refractivity contribution in [2.75, 3.05) is 13.6 Å². The Kier molecular flexibility index (Phi) is 6.76. The molecule has 1 aromatic carbocycles. The first kappa shape index (κ1) is 20.7. The highest BCUT2D eigenvalue weighted by atomic mass is 19.3. The Hall–Kier alpha value is -2.64. The van der Waals surface area contributed by atoms with Gasteiger partial charge in [-0.2, -0.15) is 0 Å². The molecule has 8 heteroatoms. The lowest BCUT2D eigenvalue weighted by molar-refractivity contribution is 0.136. The number of alkyl halides is 2. The Morgan fingerprint density at radius 1 is 1.19 bits per heavy atom. The normalized spacial score (nSPS) is 12.6. The van der Waals surface area contributed by atoms with Crippen LogP contribution in [0.4, 0.5) is 23.2 Å². The molecule has 0 unspecified atom stereocenters. The van der Waals surface area contributed by atoms with Crippen LogP contribution in [0.25, 0.3) is 0 Å². The second-order valence-electron chi connectivity index (χ2n) is 6.07. The summed E-state index contributed by atoms with van der Waals surface area (Å²) in [6, 6.07) is 4.11. The Morgan fingerprint density at radius 3 is 2.37 bits per heavy atom. The van der Waals surface area contributed by atoms with Gasteiger partial charge in [-0.3, -0.25) is 0 Å². The van der Waals surface area contributed by atoms with Crippen molar-refractivity contribution in [3.05, 3.63) is 52.7 Å². The maximum atomic E-state index is 13.5. The Balaban J connectivity index is 2.35. The van der Waals surface area contributed by atoms with E-state index < -0.39 is 29.7 Å². The molecule has 0 aliphatic carbocycles. The molecule has 0 aliphatic heterocycles. The van der Waals surface area contributed by atoms with Gasteiger partial charge in [0.05, 0.1) is 23.3 Å². The summed E-state index contributed by atoms with van der Waals surface area (Å²) < 4.78 is 59.2. The molecule has 0 saturated carbocycles. The molecule has 0 radical (unpaired) electrons. The summed E-state index contributed by atoms with van der Waals surface area (Å²) in [5, 5.41) is 0. The van der Waals surface area contributed by atoms with Gasteiger partial charge in [0, 0.05) is 19.7 Å². The van der Waals surface area contributed by atoms with Gasteiger partial charge in [-0.25, -0.2) is 27.5 Å². The van der Waals surface area contributed by atoms with E-state index in [1.165, 1.54) is 19.3 Å². The summed E-state index contributed by atoms with van der Waals surface area (Å²) in [5.41, 5.74) is 0.435. The first-order valence-corrected chi connectivity index (χ1v) is 8.38. The number of benzene rings is 1. The van der Waals surface area contributed by atoms with Crippen LogP contribution >= 0.6 is 0 Å². The predicted octanol–water partition coefficient (Wildman–Crippen LogP) is 5.36. The van der Waals surface area contributed by atoms with Crippen molar-refractivity contribution in [1.82, 2.24) is 9.88 Å². The first-order valence-electron chi connectivity index (χ1n) is 8.38.